The minimum atomic E-state index is -0.0545. The lowest BCUT2D eigenvalue weighted by Crippen LogP contribution is -2.45. The van der Waals surface area contributed by atoms with Gasteiger partial charge in [-0.2, -0.15) is 0 Å². The van der Waals surface area contributed by atoms with Gasteiger partial charge in [-0.25, -0.2) is 9.97 Å². The van der Waals surface area contributed by atoms with Gasteiger partial charge in [0.05, 0.1) is 23.6 Å². The maximum atomic E-state index is 12.3. The fourth-order valence-corrected chi connectivity index (χ4v) is 3.47. The number of benzene rings is 1. The zero-order chi connectivity index (χ0) is 17.4. The molecule has 25 heavy (non-hydrogen) atoms. The number of imidazole rings is 2. The highest BCUT2D eigenvalue weighted by Crippen LogP contribution is 2.24. The molecular weight excluding hydrogens is 316 g/mol. The number of nitrogens with zero attached hydrogens (tertiary/aromatic N) is 5. The van der Waals surface area contributed by atoms with E-state index in [-0.39, 0.29) is 11.9 Å². The minimum absolute atomic E-state index is 0.0545. The molecule has 2 aromatic heterocycles. The molecule has 1 aliphatic rings. The Morgan fingerprint density at radius 1 is 1.20 bits per heavy atom. The number of anilines is 1. The van der Waals surface area contributed by atoms with E-state index >= 15 is 0 Å². The monoisotopic (exact) mass is 338 g/mol. The maximum absolute atomic E-state index is 12.3. The molecule has 1 aromatic carbocycles. The van der Waals surface area contributed by atoms with E-state index in [0.29, 0.717) is 5.69 Å². The van der Waals surface area contributed by atoms with Crippen molar-refractivity contribution in [1.82, 2.24) is 24.4 Å². The topological polar surface area (TPSA) is 68.0 Å². The smallest absolute Gasteiger partial charge is 0.269 e. The molecule has 7 nitrogen and oxygen atoms in total. The number of hydrogen-bond acceptors (Lipinski definition) is 4. The van der Waals surface area contributed by atoms with Crippen LogP contribution in [-0.2, 0) is 14.1 Å². The van der Waals surface area contributed by atoms with Crippen molar-refractivity contribution >= 4 is 22.9 Å². The average molecular weight is 338 g/mol. The molecule has 0 bridgehead atoms. The largest absolute Gasteiger partial charge is 0.348 e. The lowest BCUT2D eigenvalue weighted by molar-refractivity contribution is 0.0922. The Balaban J connectivity index is 1.42. The van der Waals surface area contributed by atoms with Crippen LogP contribution in [0.3, 0.4) is 0 Å². The second-order valence-corrected chi connectivity index (χ2v) is 6.58. The summed E-state index contributed by atoms with van der Waals surface area (Å²) >= 11 is 0. The number of rotatable bonds is 3. The van der Waals surface area contributed by atoms with Crippen LogP contribution in [0.25, 0.3) is 11.0 Å². The molecule has 1 fully saturated rings. The van der Waals surface area contributed by atoms with Crippen LogP contribution in [0.15, 0.2) is 36.8 Å². The number of carbonyl (C=O) groups excluding carboxylic acids is 1. The third-order valence-corrected chi connectivity index (χ3v) is 4.93. The molecule has 7 heteroatoms. The van der Waals surface area contributed by atoms with E-state index < -0.39 is 0 Å². The Hall–Kier alpha value is -2.83. The Kier molecular flexibility index (Phi) is 3.91. The van der Waals surface area contributed by atoms with Crippen molar-refractivity contribution in [2.45, 2.75) is 18.9 Å². The summed E-state index contributed by atoms with van der Waals surface area (Å²) in [7, 11) is 3.89. The first kappa shape index (κ1) is 15.7. The molecular formula is C18H22N6O. The van der Waals surface area contributed by atoms with Gasteiger partial charge >= 0.3 is 0 Å². The molecule has 1 saturated heterocycles. The van der Waals surface area contributed by atoms with Crippen molar-refractivity contribution in [1.29, 1.82) is 0 Å². The SMILES string of the molecule is Cn1cncc1C(=O)NC1CCN(c2nc3ccccc3n2C)CC1. The second kappa shape index (κ2) is 6.23. The first-order valence-corrected chi connectivity index (χ1v) is 8.57. The van der Waals surface area contributed by atoms with E-state index in [1.165, 1.54) is 0 Å². The molecule has 0 saturated carbocycles. The van der Waals surface area contributed by atoms with Gasteiger partial charge in [-0.1, -0.05) is 12.1 Å². The lowest BCUT2D eigenvalue weighted by atomic mass is 10.1. The van der Waals surface area contributed by atoms with Crippen LogP contribution >= 0.6 is 0 Å². The van der Waals surface area contributed by atoms with Gasteiger partial charge in [-0.3, -0.25) is 4.79 Å². The van der Waals surface area contributed by atoms with Crippen LogP contribution in [-0.4, -0.2) is 44.1 Å². The van der Waals surface area contributed by atoms with E-state index in [4.69, 9.17) is 4.98 Å². The molecule has 0 aliphatic carbocycles. The molecule has 0 radical (unpaired) electrons. The summed E-state index contributed by atoms with van der Waals surface area (Å²) in [5.74, 6) is 0.943. The quantitative estimate of drug-likeness (QED) is 0.789. The van der Waals surface area contributed by atoms with Crippen LogP contribution in [0.5, 0.6) is 0 Å². The molecule has 4 rings (SSSR count). The van der Waals surface area contributed by atoms with E-state index in [1.807, 2.05) is 25.2 Å². The number of aryl methyl sites for hydroxylation is 2. The van der Waals surface area contributed by atoms with Crippen molar-refractivity contribution in [3.63, 3.8) is 0 Å². The summed E-state index contributed by atoms with van der Waals surface area (Å²) in [6, 6.07) is 8.37. The van der Waals surface area contributed by atoms with E-state index in [0.717, 1.165) is 42.9 Å². The lowest BCUT2D eigenvalue weighted by Gasteiger charge is -2.33. The molecule has 3 heterocycles. The molecule has 0 unspecified atom stereocenters. The maximum Gasteiger partial charge on any atom is 0.269 e. The van der Waals surface area contributed by atoms with E-state index in [1.54, 1.807) is 17.1 Å². The normalized spacial score (nSPS) is 15.7. The van der Waals surface area contributed by atoms with Crippen molar-refractivity contribution in [3.05, 3.63) is 42.5 Å². The molecule has 1 N–H and O–H groups in total. The number of nitrogens with one attached hydrogen (secondary N) is 1. The highest BCUT2D eigenvalue weighted by atomic mass is 16.2. The average Bonchev–Trinajstić information content (AvgIpc) is 3.20. The third kappa shape index (κ3) is 2.86. The first-order chi connectivity index (χ1) is 12.1. The van der Waals surface area contributed by atoms with Crippen molar-refractivity contribution in [2.75, 3.05) is 18.0 Å². The van der Waals surface area contributed by atoms with Gasteiger partial charge in [0.15, 0.2) is 0 Å². The van der Waals surface area contributed by atoms with Crippen LogP contribution < -0.4 is 10.2 Å². The number of para-hydroxylation sites is 2. The predicted octanol–water partition coefficient (Wildman–Crippen LogP) is 1.71. The van der Waals surface area contributed by atoms with Gasteiger partial charge in [0.25, 0.3) is 5.91 Å². The fraction of sp³-hybridized carbons (Fsp3) is 0.389. The van der Waals surface area contributed by atoms with Crippen molar-refractivity contribution < 1.29 is 4.79 Å². The van der Waals surface area contributed by atoms with Gasteiger partial charge in [0, 0.05) is 33.2 Å². The number of carbonyl (C=O) groups is 1. The number of aromatic nitrogens is 4. The summed E-state index contributed by atoms with van der Waals surface area (Å²) in [5, 5.41) is 3.12. The van der Waals surface area contributed by atoms with Gasteiger partial charge < -0.3 is 19.4 Å². The van der Waals surface area contributed by atoms with Crippen LogP contribution in [0.2, 0.25) is 0 Å². The predicted molar refractivity (Wildman–Crippen MR) is 96.6 cm³/mol. The van der Waals surface area contributed by atoms with Gasteiger partial charge in [0.1, 0.15) is 5.69 Å². The highest BCUT2D eigenvalue weighted by molar-refractivity contribution is 5.92. The summed E-state index contributed by atoms with van der Waals surface area (Å²) in [5.41, 5.74) is 2.76. The van der Waals surface area contributed by atoms with E-state index in [2.05, 4.69) is 32.9 Å². The Labute approximate surface area is 146 Å². The fourth-order valence-electron chi connectivity index (χ4n) is 3.47. The summed E-state index contributed by atoms with van der Waals surface area (Å²) < 4.78 is 3.88. The summed E-state index contributed by atoms with van der Waals surface area (Å²) in [6.07, 6.45) is 5.06. The van der Waals surface area contributed by atoms with Crippen molar-refractivity contribution in [3.8, 4) is 0 Å². The third-order valence-electron chi connectivity index (χ3n) is 4.93. The van der Waals surface area contributed by atoms with Crippen LogP contribution in [0, 0.1) is 0 Å². The second-order valence-electron chi connectivity index (χ2n) is 6.58. The van der Waals surface area contributed by atoms with Crippen LogP contribution in [0.1, 0.15) is 23.3 Å². The zero-order valence-electron chi connectivity index (χ0n) is 14.5. The Morgan fingerprint density at radius 2 is 1.96 bits per heavy atom. The van der Waals surface area contributed by atoms with Gasteiger partial charge in [0.2, 0.25) is 5.95 Å². The van der Waals surface area contributed by atoms with Crippen LogP contribution in [0.4, 0.5) is 5.95 Å². The van der Waals surface area contributed by atoms with Crippen molar-refractivity contribution in [2.24, 2.45) is 14.1 Å². The standard InChI is InChI=1S/C18H22N6O/c1-22-12-19-11-16(22)17(25)20-13-7-9-24(10-8-13)18-21-14-5-3-4-6-15(14)23(18)2/h3-6,11-13H,7-10H2,1-2H3,(H,20,25). The Morgan fingerprint density at radius 3 is 2.64 bits per heavy atom. The summed E-state index contributed by atoms with van der Waals surface area (Å²) in [4.78, 5) is 23.4. The highest BCUT2D eigenvalue weighted by Gasteiger charge is 2.24. The molecule has 0 atom stereocenters. The van der Waals surface area contributed by atoms with Gasteiger partial charge in [-0.15, -0.1) is 0 Å². The summed E-state index contributed by atoms with van der Waals surface area (Å²) in [6.45, 7) is 1.76. The van der Waals surface area contributed by atoms with E-state index in [9.17, 15) is 4.79 Å². The minimum Gasteiger partial charge on any atom is -0.348 e. The molecule has 3 aromatic rings. The number of piperidine rings is 1. The van der Waals surface area contributed by atoms with Gasteiger partial charge in [-0.05, 0) is 25.0 Å². The zero-order valence-corrected chi connectivity index (χ0v) is 14.5. The number of hydrogen-bond donors (Lipinski definition) is 1. The first-order valence-electron chi connectivity index (χ1n) is 8.57. The number of fused-ring (bicyclic) bond motifs is 1. The molecule has 1 aliphatic heterocycles. The Bertz CT molecular complexity index is 903. The molecule has 130 valence electrons. The molecule has 1 amide bonds. The molecule has 0 spiro atoms. The number of amides is 1.